The first-order chi connectivity index (χ1) is 12.9. The van der Waals surface area contributed by atoms with Gasteiger partial charge < -0.3 is 9.84 Å². The van der Waals surface area contributed by atoms with Crippen molar-refractivity contribution in [1.29, 1.82) is 0 Å². The number of phenolic OH excluding ortho intramolecular Hbond substituents is 1. The highest BCUT2D eigenvalue weighted by molar-refractivity contribution is 9.11. The molecule has 3 aromatic rings. The molecule has 3 rings (SSSR count). The van der Waals surface area contributed by atoms with Crippen molar-refractivity contribution in [2.45, 2.75) is 19.8 Å². The van der Waals surface area contributed by atoms with Gasteiger partial charge in [-0.3, -0.25) is 9.97 Å². The summed E-state index contributed by atoms with van der Waals surface area (Å²) in [5.41, 5.74) is 2.52. The van der Waals surface area contributed by atoms with Crippen LogP contribution in [0, 0.1) is 0 Å². The highest BCUT2D eigenvalue weighted by Gasteiger charge is 2.18. The average Bonchev–Trinajstić information content (AvgIpc) is 2.65. The zero-order chi connectivity index (χ0) is 19.6. The first kappa shape index (κ1) is 19.6. The average molecular weight is 490 g/mol. The molecule has 0 bridgehead atoms. The van der Waals surface area contributed by atoms with Gasteiger partial charge >= 0.3 is 0 Å². The van der Waals surface area contributed by atoms with Crippen LogP contribution in [0.1, 0.15) is 36.6 Å². The Hall–Kier alpha value is -2.18. The van der Waals surface area contributed by atoms with Crippen LogP contribution in [0.3, 0.4) is 0 Å². The summed E-state index contributed by atoms with van der Waals surface area (Å²) in [6, 6.07) is 9.34. The Morgan fingerprint density at radius 2 is 1.85 bits per heavy atom. The van der Waals surface area contributed by atoms with Crippen LogP contribution in [0.4, 0.5) is 0 Å². The van der Waals surface area contributed by atoms with Gasteiger partial charge in [-0.2, -0.15) is 0 Å². The van der Waals surface area contributed by atoms with Gasteiger partial charge in [-0.1, -0.05) is 26.5 Å². The van der Waals surface area contributed by atoms with Crippen LogP contribution in [0.5, 0.6) is 17.2 Å². The molecule has 0 spiro atoms. The van der Waals surface area contributed by atoms with Gasteiger partial charge in [0.15, 0.2) is 5.75 Å². The third-order valence-corrected chi connectivity index (χ3v) is 5.32. The number of halogens is 2. The molecule has 0 atom stereocenters. The Morgan fingerprint density at radius 1 is 1.15 bits per heavy atom. The number of rotatable bonds is 5. The van der Waals surface area contributed by atoms with Crippen LogP contribution >= 0.6 is 31.9 Å². The van der Waals surface area contributed by atoms with Crippen molar-refractivity contribution in [3.8, 4) is 17.2 Å². The van der Waals surface area contributed by atoms with Crippen molar-refractivity contribution in [2.24, 2.45) is 0 Å². The summed E-state index contributed by atoms with van der Waals surface area (Å²) >= 11 is 7.02. The molecule has 138 valence electrons. The molecule has 0 saturated heterocycles. The van der Waals surface area contributed by atoms with E-state index in [1.165, 1.54) is 0 Å². The molecule has 0 aliphatic rings. The van der Waals surface area contributed by atoms with E-state index in [0.29, 0.717) is 28.3 Å². The first-order valence-corrected chi connectivity index (χ1v) is 9.91. The number of benzene rings is 2. The summed E-state index contributed by atoms with van der Waals surface area (Å²) in [5, 5.41) is 10.8. The van der Waals surface area contributed by atoms with Gasteiger partial charge in [0.2, 0.25) is 0 Å². The Balaban J connectivity index is 2.10. The quantitative estimate of drug-likeness (QED) is 0.434. The highest BCUT2D eigenvalue weighted by Crippen LogP contribution is 2.42. The minimum absolute atomic E-state index is 0.101. The van der Waals surface area contributed by atoms with Crippen molar-refractivity contribution in [1.82, 2.24) is 9.97 Å². The predicted molar refractivity (Wildman–Crippen MR) is 114 cm³/mol. The molecule has 1 aromatic heterocycles. The second-order valence-electron chi connectivity index (χ2n) is 6.29. The zero-order valence-corrected chi connectivity index (χ0v) is 18.1. The molecular formula is C21H18Br2N2O2. The van der Waals surface area contributed by atoms with E-state index in [2.05, 4.69) is 48.4 Å². The summed E-state index contributed by atoms with van der Waals surface area (Å²) in [4.78, 5) is 8.37. The lowest BCUT2D eigenvalue weighted by Crippen LogP contribution is -1.98. The van der Waals surface area contributed by atoms with E-state index >= 15 is 0 Å². The summed E-state index contributed by atoms with van der Waals surface area (Å²) in [5.74, 6) is 1.54. The van der Waals surface area contributed by atoms with Crippen LogP contribution in [0.25, 0.3) is 5.57 Å². The smallest absolute Gasteiger partial charge is 0.155 e. The van der Waals surface area contributed by atoms with E-state index in [1.54, 1.807) is 24.7 Å². The predicted octanol–water partition coefficient (Wildman–Crippen LogP) is 6.68. The summed E-state index contributed by atoms with van der Waals surface area (Å²) < 4.78 is 7.78. The number of phenols is 1. The van der Waals surface area contributed by atoms with E-state index in [1.807, 2.05) is 38.1 Å². The zero-order valence-electron chi connectivity index (χ0n) is 14.9. The van der Waals surface area contributed by atoms with Gasteiger partial charge in [-0.15, -0.1) is 0 Å². The van der Waals surface area contributed by atoms with Crippen molar-refractivity contribution in [3.63, 3.8) is 0 Å². The fourth-order valence-corrected chi connectivity index (χ4v) is 3.81. The molecule has 0 saturated carbocycles. The second-order valence-corrected chi connectivity index (χ2v) is 7.99. The van der Waals surface area contributed by atoms with Crippen LogP contribution in [0.2, 0.25) is 0 Å². The van der Waals surface area contributed by atoms with Crippen molar-refractivity contribution >= 4 is 37.4 Å². The lowest BCUT2D eigenvalue weighted by atomic mass is 9.94. The summed E-state index contributed by atoms with van der Waals surface area (Å²) in [6.45, 7) is 8.13. The lowest BCUT2D eigenvalue weighted by molar-refractivity contribution is 0.451. The maximum Gasteiger partial charge on any atom is 0.155 e. The number of hydrogen-bond donors (Lipinski definition) is 1. The number of hydrogen-bond acceptors (Lipinski definition) is 4. The molecule has 0 unspecified atom stereocenters. The minimum Gasteiger partial charge on any atom is -0.507 e. The summed E-state index contributed by atoms with van der Waals surface area (Å²) in [6.07, 6.45) is 4.81. The lowest BCUT2D eigenvalue weighted by Gasteiger charge is -2.18. The maximum atomic E-state index is 10.8. The molecule has 4 nitrogen and oxygen atoms in total. The second kappa shape index (κ2) is 8.23. The third-order valence-electron chi connectivity index (χ3n) is 4.07. The van der Waals surface area contributed by atoms with Crippen LogP contribution in [-0.2, 0) is 0 Å². The van der Waals surface area contributed by atoms with Crippen molar-refractivity contribution in [2.75, 3.05) is 0 Å². The molecular weight excluding hydrogens is 472 g/mol. The van der Waals surface area contributed by atoms with Gasteiger partial charge in [0, 0.05) is 29.1 Å². The first-order valence-electron chi connectivity index (χ1n) is 8.33. The van der Waals surface area contributed by atoms with Gasteiger partial charge in [-0.25, -0.2) is 0 Å². The van der Waals surface area contributed by atoms with Gasteiger partial charge in [0.25, 0.3) is 0 Å². The molecule has 1 heterocycles. The standard InChI is InChI=1S/C21H18Br2N2O2/c1-12(2)15-9-14(27-21-17(22)5-4-6-18(21)23)10-16(20(15)26)13(3)19-11-24-7-8-25-19/h4-12,26H,3H2,1-2H3. The Kier molecular flexibility index (Phi) is 5.97. The van der Waals surface area contributed by atoms with Gasteiger partial charge in [0.1, 0.15) is 11.5 Å². The highest BCUT2D eigenvalue weighted by atomic mass is 79.9. The normalized spacial score (nSPS) is 10.9. The SMILES string of the molecule is C=C(c1cnccn1)c1cc(Oc2c(Br)cccc2Br)cc(C(C)C)c1O. The van der Waals surface area contributed by atoms with E-state index in [9.17, 15) is 5.11 Å². The van der Waals surface area contributed by atoms with Gasteiger partial charge in [-0.05, 0) is 62.0 Å². The molecule has 0 aliphatic carbocycles. The van der Waals surface area contributed by atoms with Gasteiger partial charge in [0.05, 0.1) is 20.8 Å². The molecule has 27 heavy (non-hydrogen) atoms. The molecule has 1 N–H and O–H groups in total. The van der Waals surface area contributed by atoms with Crippen molar-refractivity contribution < 1.29 is 9.84 Å². The van der Waals surface area contributed by atoms with Crippen LogP contribution in [0.15, 0.2) is 64.4 Å². The number of ether oxygens (including phenoxy) is 1. The topological polar surface area (TPSA) is 55.2 Å². The number of aromatic hydroxyl groups is 1. The largest absolute Gasteiger partial charge is 0.507 e. The van der Waals surface area contributed by atoms with Crippen molar-refractivity contribution in [3.05, 3.63) is 81.3 Å². The fourth-order valence-electron chi connectivity index (χ4n) is 2.65. The number of nitrogens with zero attached hydrogens (tertiary/aromatic N) is 2. The molecule has 0 amide bonds. The van der Waals surface area contributed by atoms with E-state index in [4.69, 9.17) is 4.74 Å². The Bertz CT molecular complexity index is 969. The molecule has 6 heteroatoms. The van der Waals surface area contributed by atoms with E-state index in [0.717, 1.165) is 14.5 Å². The molecule has 0 radical (unpaired) electrons. The Morgan fingerprint density at radius 3 is 2.44 bits per heavy atom. The van der Waals surface area contributed by atoms with E-state index < -0.39 is 0 Å². The number of para-hydroxylation sites is 1. The van der Waals surface area contributed by atoms with Crippen LogP contribution in [-0.4, -0.2) is 15.1 Å². The number of aromatic nitrogens is 2. The van der Waals surface area contributed by atoms with Crippen LogP contribution < -0.4 is 4.74 Å². The molecule has 0 aliphatic heterocycles. The summed E-state index contributed by atoms with van der Waals surface area (Å²) in [7, 11) is 0. The fraction of sp³-hybridized carbons (Fsp3) is 0.143. The Labute approximate surface area is 175 Å². The monoisotopic (exact) mass is 488 g/mol. The van der Waals surface area contributed by atoms with E-state index in [-0.39, 0.29) is 11.7 Å². The molecule has 2 aromatic carbocycles. The third kappa shape index (κ3) is 4.22. The maximum absolute atomic E-state index is 10.8. The molecule has 0 fully saturated rings. The minimum atomic E-state index is 0.101.